The molecule has 14 heteroatoms. The zero-order valence-electron chi connectivity index (χ0n) is 18.9. The summed E-state index contributed by atoms with van der Waals surface area (Å²) < 4.78 is 70.6. The van der Waals surface area contributed by atoms with Crippen LogP contribution >= 0.6 is 39.1 Å². The van der Waals surface area contributed by atoms with Crippen LogP contribution in [0.5, 0.6) is 0 Å². The topological polar surface area (TPSA) is 113 Å². The van der Waals surface area contributed by atoms with E-state index in [0.29, 0.717) is 5.56 Å². The van der Waals surface area contributed by atoms with E-state index >= 15 is 0 Å². The quantitative estimate of drug-likeness (QED) is 0.355. The Bertz CT molecular complexity index is 1560. The Morgan fingerprint density at radius 1 is 0.917 bits per heavy atom. The highest BCUT2D eigenvalue weighted by molar-refractivity contribution is 9.10. The van der Waals surface area contributed by atoms with Crippen molar-refractivity contribution in [1.29, 1.82) is 0 Å². The van der Waals surface area contributed by atoms with Gasteiger partial charge >= 0.3 is 0 Å². The van der Waals surface area contributed by atoms with Crippen molar-refractivity contribution < 1.29 is 26.0 Å². The maximum atomic E-state index is 13.8. The second-order valence-corrected chi connectivity index (χ2v) is 12.9. The fourth-order valence-electron chi connectivity index (χ4n) is 3.09. The molecule has 0 aliphatic carbocycles. The van der Waals surface area contributed by atoms with Crippen LogP contribution in [-0.4, -0.2) is 41.7 Å². The van der Waals surface area contributed by atoms with Gasteiger partial charge < -0.3 is 4.90 Å². The lowest BCUT2D eigenvalue weighted by molar-refractivity contribution is 0.0824. The maximum Gasteiger partial charge on any atom is 0.262 e. The predicted molar refractivity (Wildman–Crippen MR) is 141 cm³/mol. The Balaban J connectivity index is 2.06. The summed E-state index contributed by atoms with van der Waals surface area (Å²) in [7, 11) is -5.70. The fraction of sp³-hybridized carbons (Fsp3) is 0.136. The first-order valence-electron chi connectivity index (χ1n) is 9.94. The minimum absolute atomic E-state index is 0.0428. The minimum atomic E-state index is -4.35. The Morgan fingerprint density at radius 3 is 2.11 bits per heavy atom. The lowest BCUT2D eigenvalue weighted by atomic mass is 10.2. The Hall–Kier alpha value is -2.38. The number of nitrogens with zero attached hydrogens (tertiary/aromatic N) is 1. The second-order valence-electron chi connectivity index (χ2n) is 7.81. The lowest BCUT2D eigenvalue weighted by Crippen LogP contribution is -2.26. The van der Waals surface area contributed by atoms with E-state index in [9.17, 15) is 26.0 Å². The monoisotopic (exact) mass is 637 g/mol. The van der Waals surface area contributed by atoms with Gasteiger partial charge in [-0.25, -0.2) is 21.2 Å². The molecule has 192 valence electrons. The highest BCUT2D eigenvalue weighted by atomic mass is 79.9. The van der Waals surface area contributed by atoms with Crippen molar-refractivity contribution >= 4 is 76.5 Å². The van der Waals surface area contributed by atoms with Gasteiger partial charge in [-0.2, -0.15) is 0 Å². The number of sulfonamides is 2. The van der Waals surface area contributed by atoms with Crippen molar-refractivity contribution in [1.82, 2.24) is 4.90 Å². The van der Waals surface area contributed by atoms with Crippen LogP contribution in [0.25, 0.3) is 0 Å². The van der Waals surface area contributed by atoms with Gasteiger partial charge in [0.25, 0.3) is 26.0 Å². The van der Waals surface area contributed by atoms with Crippen molar-refractivity contribution in [2.75, 3.05) is 23.5 Å². The molecular formula is C22H19BrCl2FN3O5S2. The Morgan fingerprint density at radius 2 is 1.53 bits per heavy atom. The SMILES string of the molecule is Cc1cc(F)c(Br)cc1NS(=O)(=O)c1ccc(NS(=O)(=O)c2cc(Cl)cc(Cl)c2)cc1C(=O)N(C)C. The van der Waals surface area contributed by atoms with Gasteiger partial charge in [0, 0.05) is 29.8 Å². The van der Waals surface area contributed by atoms with Crippen LogP contribution in [0, 0.1) is 12.7 Å². The minimum Gasteiger partial charge on any atom is -0.345 e. The zero-order valence-corrected chi connectivity index (χ0v) is 23.7. The molecule has 0 heterocycles. The standard InChI is InChI=1S/C22H19BrCl2FN3O5S2/c1-12-6-19(26)18(23)11-20(12)28-36(33,34)21-5-4-15(10-17(21)22(30)29(2)3)27-35(31,32)16-8-13(24)7-14(25)9-16/h4-11,27-28H,1-3H3. The molecule has 0 unspecified atom stereocenters. The van der Waals surface area contributed by atoms with E-state index in [0.717, 1.165) is 23.1 Å². The highest BCUT2D eigenvalue weighted by Crippen LogP contribution is 2.30. The molecule has 0 radical (unpaired) electrons. The van der Waals surface area contributed by atoms with E-state index in [4.69, 9.17) is 23.2 Å². The average Bonchev–Trinajstić information content (AvgIpc) is 2.75. The number of anilines is 2. The van der Waals surface area contributed by atoms with E-state index in [-0.39, 0.29) is 36.4 Å². The lowest BCUT2D eigenvalue weighted by Gasteiger charge is -2.18. The molecule has 0 spiro atoms. The fourth-order valence-corrected chi connectivity index (χ4v) is 6.51. The van der Waals surface area contributed by atoms with Crippen LogP contribution in [0.1, 0.15) is 15.9 Å². The number of rotatable bonds is 7. The average molecular weight is 639 g/mol. The first kappa shape index (κ1) is 28.2. The summed E-state index contributed by atoms with van der Waals surface area (Å²) >= 11 is 14.8. The second kappa shape index (κ2) is 10.5. The summed E-state index contributed by atoms with van der Waals surface area (Å²) in [5.41, 5.74) is 0.0325. The molecule has 2 N–H and O–H groups in total. The molecule has 8 nitrogen and oxygen atoms in total. The van der Waals surface area contributed by atoms with Crippen LogP contribution in [0.4, 0.5) is 15.8 Å². The van der Waals surface area contributed by atoms with Gasteiger partial charge in [0.15, 0.2) is 0 Å². The summed E-state index contributed by atoms with van der Waals surface area (Å²) in [5, 5.41) is 0.197. The van der Waals surface area contributed by atoms with Gasteiger partial charge in [-0.05, 0) is 76.9 Å². The van der Waals surface area contributed by atoms with Crippen molar-refractivity contribution in [3.8, 4) is 0 Å². The van der Waals surface area contributed by atoms with Gasteiger partial charge in [-0.15, -0.1) is 0 Å². The third kappa shape index (κ3) is 6.30. The zero-order chi connectivity index (χ0) is 27.0. The summed E-state index contributed by atoms with van der Waals surface area (Å²) in [5.74, 6) is -1.27. The number of hydrogen-bond acceptors (Lipinski definition) is 5. The van der Waals surface area contributed by atoms with E-state index in [1.807, 2.05) is 0 Å². The third-order valence-corrected chi connectivity index (χ3v) is 8.64. The molecule has 3 aromatic rings. The van der Waals surface area contributed by atoms with E-state index in [2.05, 4.69) is 25.4 Å². The molecule has 0 aliphatic rings. The third-order valence-electron chi connectivity index (χ3n) is 4.82. The van der Waals surface area contributed by atoms with Crippen LogP contribution in [0.2, 0.25) is 10.0 Å². The first-order valence-corrected chi connectivity index (χ1v) is 14.5. The maximum absolute atomic E-state index is 13.8. The molecule has 0 saturated heterocycles. The van der Waals surface area contributed by atoms with Gasteiger partial charge in [0.05, 0.1) is 20.6 Å². The van der Waals surface area contributed by atoms with Crippen molar-refractivity contribution in [3.05, 3.63) is 80.0 Å². The molecule has 0 saturated carbocycles. The molecule has 3 rings (SSSR count). The van der Waals surface area contributed by atoms with Gasteiger partial charge in [0.2, 0.25) is 0 Å². The van der Waals surface area contributed by atoms with Crippen LogP contribution < -0.4 is 9.44 Å². The normalized spacial score (nSPS) is 11.8. The molecule has 1 amide bonds. The summed E-state index contributed by atoms with van der Waals surface area (Å²) in [6.07, 6.45) is 0. The van der Waals surface area contributed by atoms with Crippen molar-refractivity contribution in [3.63, 3.8) is 0 Å². The summed E-state index contributed by atoms with van der Waals surface area (Å²) in [6.45, 7) is 1.51. The van der Waals surface area contributed by atoms with Crippen molar-refractivity contribution in [2.24, 2.45) is 0 Å². The number of nitrogens with one attached hydrogen (secondary N) is 2. The largest absolute Gasteiger partial charge is 0.345 e. The predicted octanol–water partition coefficient (Wildman–Crippen LogP) is 5.51. The number of halogens is 4. The van der Waals surface area contributed by atoms with E-state index in [1.165, 1.54) is 51.4 Å². The smallest absolute Gasteiger partial charge is 0.262 e. The number of hydrogen-bond donors (Lipinski definition) is 2. The van der Waals surface area contributed by atoms with Gasteiger partial charge in [-0.3, -0.25) is 14.2 Å². The Labute approximate surface area is 226 Å². The first-order chi connectivity index (χ1) is 16.6. The molecule has 36 heavy (non-hydrogen) atoms. The van der Waals surface area contributed by atoms with E-state index < -0.39 is 36.7 Å². The Kier molecular flexibility index (Phi) is 8.26. The number of benzene rings is 3. The molecule has 0 aromatic heterocycles. The highest BCUT2D eigenvalue weighted by Gasteiger charge is 2.26. The van der Waals surface area contributed by atoms with E-state index in [1.54, 1.807) is 0 Å². The molecule has 0 atom stereocenters. The summed E-state index contributed by atoms with van der Waals surface area (Å²) in [6, 6.07) is 9.54. The summed E-state index contributed by atoms with van der Waals surface area (Å²) in [4.78, 5) is 13.4. The number of carbonyl (C=O) groups is 1. The van der Waals surface area contributed by atoms with Crippen LogP contribution in [0.15, 0.2) is 62.8 Å². The van der Waals surface area contributed by atoms with Crippen molar-refractivity contribution in [2.45, 2.75) is 16.7 Å². The molecular weight excluding hydrogens is 620 g/mol. The van der Waals surface area contributed by atoms with Crippen LogP contribution in [0.3, 0.4) is 0 Å². The van der Waals surface area contributed by atoms with Crippen LogP contribution in [-0.2, 0) is 20.0 Å². The van der Waals surface area contributed by atoms with Gasteiger partial charge in [0.1, 0.15) is 10.7 Å². The molecule has 0 bridgehead atoms. The molecule has 0 fully saturated rings. The number of carbonyl (C=O) groups excluding carboxylic acids is 1. The van der Waals surface area contributed by atoms with Gasteiger partial charge in [-0.1, -0.05) is 23.2 Å². The number of aryl methyl sites for hydroxylation is 1. The molecule has 0 aliphatic heterocycles. The number of amides is 1. The molecule has 3 aromatic carbocycles.